The van der Waals surface area contributed by atoms with Crippen molar-refractivity contribution < 1.29 is 31.7 Å². The van der Waals surface area contributed by atoms with Gasteiger partial charge < -0.3 is 15.4 Å². The van der Waals surface area contributed by atoms with E-state index in [0.717, 1.165) is 18.2 Å². The Hall–Kier alpha value is -2.30. The SMILES string of the molecule is CC(C)Oc1cc(NC(=O)C[S@@](=O)CC(=O)Nc2cccc(C(F)(F)F)c2)c(Cl)cc1Cl. The Morgan fingerprint density at radius 3 is 2.25 bits per heavy atom. The quantitative estimate of drug-likeness (QED) is 0.515. The second kappa shape index (κ2) is 11.0. The molecule has 174 valence electrons. The minimum atomic E-state index is -4.56. The van der Waals surface area contributed by atoms with Crippen molar-refractivity contribution in [3.8, 4) is 5.75 Å². The van der Waals surface area contributed by atoms with Crippen molar-refractivity contribution >= 4 is 57.2 Å². The molecule has 0 spiro atoms. The molecule has 2 amide bonds. The molecule has 2 N–H and O–H groups in total. The molecule has 1 atom stereocenters. The van der Waals surface area contributed by atoms with Crippen molar-refractivity contribution in [2.45, 2.75) is 26.1 Å². The molecule has 0 saturated heterocycles. The zero-order chi connectivity index (χ0) is 24.1. The molecule has 0 saturated carbocycles. The second-order valence-corrected chi connectivity index (χ2v) is 9.10. The summed E-state index contributed by atoms with van der Waals surface area (Å²) < 4.78 is 55.9. The zero-order valence-corrected chi connectivity index (χ0v) is 19.2. The number of rotatable bonds is 8. The lowest BCUT2D eigenvalue weighted by atomic mass is 10.2. The van der Waals surface area contributed by atoms with E-state index in [1.165, 1.54) is 18.2 Å². The summed E-state index contributed by atoms with van der Waals surface area (Å²) >= 11 is 12.1. The summed E-state index contributed by atoms with van der Waals surface area (Å²) in [6.07, 6.45) is -4.75. The Kier molecular flexibility index (Phi) is 8.94. The van der Waals surface area contributed by atoms with Crippen LogP contribution in [0.3, 0.4) is 0 Å². The number of carbonyl (C=O) groups is 2. The van der Waals surface area contributed by atoms with Crippen LogP contribution in [0.5, 0.6) is 5.75 Å². The molecule has 6 nitrogen and oxygen atoms in total. The third-order valence-electron chi connectivity index (χ3n) is 3.72. The van der Waals surface area contributed by atoms with E-state index in [4.69, 9.17) is 27.9 Å². The minimum absolute atomic E-state index is 0.100. The number of alkyl halides is 3. The summed E-state index contributed by atoms with van der Waals surface area (Å²) in [5.41, 5.74) is -0.851. The summed E-state index contributed by atoms with van der Waals surface area (Å²) in [5, 5.41) is 5.08. The summed E-state index contributed by atoms with van der Waals surface area (Å²) in [5.74, 6) is -2.31. The first-order valence-electron chi connectivity index (χ1n) is 9.12. The zero-order valence-electron chi connectivity index (χ0n) is 16.9. The molecule has 0 fully saturated rings. The van der Waals surface area contributed by atoms with Crippen LogP contribution in [0.4, 0.5) is 24.5 Å². The van der Waals surface area contributed by atoms with Crippen molar-refractivity contribution in [3.63, 3.8) is 0 Å². The molecule has 0 heterocycles. The van der Waals surface area contributed by atoms with E-state index in [2.05, 4.69) is 10.6 Å². The largest absolute Gasteiger partial charge is 0.489 e. The number of hydrogen-bond acceptors (Lipinski definition) is 4. The smallest absolute Gasteiger partial charge is 0.416 e. The van der Waals surface area contributed by atoms with Crippen LogP contribution in [0.1, 0.15) is 19.4 Å². The summed E-state index contributed by atoms with van der Waals surface area (Å²) in [6, 6.07) is 6.82. The molecule has 0 unspecified atom stereocenters. The molecule has 0 aliphatic carbocycles. The van der Waals surface area contributed by atoms with Crippen LogP contribution in [0.2, 0.25) is 10.0 Å². The highest BCUT2D eigenvalue weighted by Crippen LogP contribution is 2.35. The first kappa shape index (κ1) is 26.0. The molecule has 32 heavy (non-hydrogen) atoms. The molecule has 0 bridgehead atoms. The lowest BCUT2D eigenvalue weighted by molar-refractivity contribution is -0.137. The average Bonchev–Trinajstić information content (AvgIpc) is 2.64. The number of benzene rings is 2. The maximum absolute atomic E-state index is 12.7. The van der Waals surface area contributed by atoms with E-state index < -0.39 is 45.9 Å². The van der Waals surface area contributed by atoms with Gasteiger partial charge >= 0.3 is 6.18 Å². The normalized spacial score (nSPS) is 12.4. The maximum Gasteiger partial charge on any atom is 0.416 e. The van der Waals surface area contributed by atoms with E-state index in [1.54, 1.807) is 13.8 Å². The first-order valence-corrected chi connectivity index (χ1v) is 11.4. The van der Waals surface area contributed by atoms with Gasteiger partial charge in [0.2, 0.25) is 11.8 Å². The average molecular weight is 511 g/mol. The van der Waals surface area contributed by atoms with Crippen LogP contribution in [0.25, 0.3) is 0 Å². The third-order valence-corrected chi connectivity index (χ3v) is 5.49. The number of hydrogen-bond donors (Lipinski definition) is 2. The van der Waals surface area contributed by atoms with Crippen LogP contribution in [0.15, 0.2) is 36.4 Å². The van der Waals surface area contributed by atoms with Gasteiger partial charge in [0.05, 0.1) is 27.4 Å². The lowest BCUT2D eigenvalue weighted by Crippen LogP contribution is -2.26. The van der Waals surface area contributed by atoms with Gasteiger partial charge in [0.15, 0.2) is 0 Å². The predicted octanol–water partition coefficient (Wildman–Crippen LogP) is 5.13. The van der Waals surface area contributed by atoms with E-state index in [1.807, 2.05) is 0 Å². The lowest BCUT2D eigenvalue weighted by Gasteiger charge is -2.14. The second-order valence-electron chi connectivity index (χ2n) is 6.83. The fourth-order valence-electron chi connectivity index (χ4n) is 2.47. The molecule has 12 heteroatoms. The monoisotopic (exact) mass is 510 g/mol. The molecule has 0 radical (unpaired) electrons. The van der Waals surface area contributed by atoms with E-state index in [0.29, 0.717) is 5.75 Å². The van der Waals surface area contributed by atoms with Crippen LogP contribution in [0, 0.1) is 0 Å². The van der Waals surface area contributed by atoms with Gasteiger partial charge in [-0.05, 0) is 38.1 Å². The molecule has 0 aliphatic heterocycles. The molecular weight excluding hydrogens is 492 g/mol. The van der Waals surface area contributed by atoms with Crippen LogP contribution < -0.4 is 15.4 Å². The molecular formula is C20H19Cl2F3N2O4S. The Bertz CT molecular complexity index is 1030. The topological polar surface area (TPSA) is 84.5 Å². The number of halogens is 5. The fraction of sp³-hybridized carbons (Fsp3) is 0.300. The summed E-state index contributed by atoms with van der Waals surface area (Å²) in [7, 11) is -1.92. The van der Waals surface area contributed by atoms with Crippen molar-refractivity contribution in [3.05, 3.63) is 52.0 Å². The van der Waals surface area contributed by atoms with Crippen molar-refractivity contribution in [2.24, 2.45) is 0 Å². The Morgan fingerprint density at radius 2 is 1.66 bits per heavy atom. The van der Waals surface area contributed by atoms with Crippen molar-refractivity contribution in [1.82, 2.24) is 0 Å². The Labute approximate surface area is 194 Å². The number of carbonyl (C=O) groups excluding carboxylic acids is 2. The van der Waals surface area contributed by atoms with E-state index in [9.17, 15) is 27.0 Å². The number of ether oxygens (including phenoxy) is 1. The number of anilines is 2. The molecule has 0 aliphatic rings. The highest BCUT2D eigenvalue weighted by atomic mass is 35.5. The Morgan fingerprint density at radius 1 is 1.03 bits per heavy atom. The van der Waals surface area contributed by atoms with Crippen LogP contribution in [-0.2, 0) is 26.6 Å². The van der Waals surface area contributed by atoms with Gasteiger partial charge in [-0.1, -0.05) is 29.3 Å². The van der Waals surface area contributed by atoms with Gasteiger partial charge in [-0.3, -0.25) is 13.8 Å². The molecule has 2 aromatic rings. The fourth-order valence-corrected chi connectivity index (χ4v) is 3.78. The molecule has 0 aromatic heterocycles. The predicted molar refractivity (Wildman–Crippen MR) is 119 cm³/mol. The van der Waals surface area contributed by atoms with Crippen molar-refractivity contribution in [2.75, 3.05) is 22.1 Å². The summed E-state index contributed by atoms with van der Waals surface area (Å²) in [6.45, 7) is 3.58. The van der Waals surface area contributed by atoms with Gasteiger partial charge in [0, 0.05) is 22.6 Å². The number of amides is 2. The molecule has 2 aromatic carbocycles. The van der Waals surface area contributed by atoms with E-state index >= 15 is 0 Å². The third kappa shape index (κ3) is 7.99. The summed E-state index contributed by atoms with van der Waals surface area (Å²) in [4.78, 5) is 24.2. The standard InChI is InChI=1S/C20H19Cl2F3N2O4S/c1-11(2)31-17-8-16(14(21)7-15(17)22)27-19(29)10-32(30)9-18(28)26-13-5-3-4-12(6-13)20(23,24)25/h3-8,11H,9-10H2,1-2H3,(H,26,28)(H,27,29)/t32-/m0/s1. The van der Waals surface area contributed by atoms with Crippen LogP contribution in [-0.4, -0.2) is 33.6 Å². The first-order chi connectivity index (χ1) is 14.8. The highest BCUT2D eigenvalue weighted by Gasteiger charge is 2.30. The van der Waals surface area contributed by atoms with Gasteiger partial charge in [-0.2, -0.15) is 13.2 Å². The maximum atomic E-state index is 12.7. The highest BCUT2D eigenvalue weighted by molar-refractivity contribution is 7.86. The van der Waals surface area contributed by atoms with Crippen LogP contribution >= 0.6 is 23.2 Å². The van der Waals surface area contributed by atoms with Gasteiger partial charge in [0.25, 0.3) is 0 Å². The minimum Gasteiger partial charge on any atom is -0.489 e. The van der Waals surface area contributed by atoms with E-state index in [-0.39, 0.29) is 27.5 Å². The van der Waals surface area contributed by atoms with Crippen molar-refractivity contribution in [1.29, 1.82) is 0 Å². The molecule has 2 rings (SSSR count). The Balaban J connectivity index is 1.94. The van der Waals surface area contributed by atoms with Gasteiger partial charge in [0.1, 0.15) is 17.3 Å². The number of nitrogens with one attached hydrogen (secondary N) is 2. The van der Waals surface area contributed by atoms with Gasteiger partial charge in [-0.25, -0.2) is 0 Å². The van der Waals surface area contributed by atoms with Gasteiger partial charge in [-0.15, -0.1) is 0 Å².